The fraction of sp³-hybridized carbons (Fsp3) is 0.812. The highest BCUT2D eigenvalue weighted by atomic mass is 16.1. The van der Waals surface area contributed by atoms with E-state index < -0.39 is 0 Å². The van der Waals surface area contributed by atoms with Crippen molar-refractivity contribution in [3.63, 3.8) is 0 Å². The third kappa shape index (κ3) is 11.7. The molecule has 0 saturated carbocycles. The van der Waals surface area contributed by atoms with Gasteiger partial charge in [0.15, 0.2) is 0 Å². The lowest BCUT2D eigenvalue weighted by Gasteiger charge is -2.11. The first-order valence-corrected chi connectivity index (χ1v) is 7.61. The van der Waals surface area contributed by atoms with Crippen LogP contribution in [0.25, 0.3) is 0 Å². The number of hydrogen-bond donors (Lipinski definition) is 1. The summed E-state index contributed by atoms with van der Waals surface area (Å²) in [5.74, 6) is 0.520. The van der Waals surface area contributed by atoms with E-state index >= 15 is 0 Å². The average Bonchev–Trinajstić information content (AvgIpc) is 2.39. The third-order valence-electron chi connectivity index (χ3n) is 3.36. The van der Waals surface area contributed by atoms with E-state index in [2.05, 4.69) is 25.7 Å². The Morgan fingerprint density at radius 1 is 1.11 bits per heavy atom. The number of amides is 1. The molecule has 18 heavy (non-hydrogen) atoms. The van der Waals surface area contributed by atoms with Crippen molar-refractivity contribution in [2.24, 2.45) is 5.92 Å². The van der Waals surface area contributed by atoms with Gasteiger partial charge in [0, 0.05) is 6.54 Å². The molecule has 1 unspecified atom stereocenters. The van der Waals surface area contributed by atoms with E-state index in [0.29, 0.717) is 5.92 Å². The third-order valence-corrected chi connectivity index (χ3v) is 3.36. The summed E-state index contributed by atoms with van der Waals surface area (Å²) in [4.78, 5) is 11.0. The maximum absolute atomic E-state index is 11.0. The number of nitrogens with one attached hydrogen (secondary N) is 1. The molecule has 0 aliphatic carbocycles. The van der Waals surface area contributed by atoms with Crippen LogP contribution in [0.3, 0.4) is 0 Å². The Morgan fingerprint density at radius 3 is 2.22 bits per heavy atom. The van der Waals surface area contributed by atoms with Crippen molar-refractivity contribution < 1.29 is 4.79 Å². The summed E-state index contributed by atoms with van der Waals surface area (Å²) in [6.07, 6.45) is 13.5. The SMILES string of the molecule is C=CC(=O)NCC(C)CCCCCCCCCC. The molecule has 2 nitrogen and oxygen atoms in total. The predicted molar refractivity (Wildman–Crippen MR) is 79.6 cm³/mol. The first-order chi connectivity index (χ1) is 8.70. The van der Waals surface area contributed by atoms with Crippen molar-refractivity contribution in [3.05, 3.63) is 12.7 Å². The normalized spacial score (nSPS) is 12.1. The minimum Gasteiger partial charge on any atom is -0.352 e. The zero-order valence-corrected chi connectivity index (χ0v) is 12.3. The largest absolute Gasteiger partial charge is 0.352 e. The molecular weight excluding hydrogens is 222 g/mol. The molecule has 106 valence electrons. The Bertz CT molecular complexity index is 213. The standard InChI is InChI=1S/C16H31NO/c1-4-6-7-8-9-10-11-12-13-15(3)14-17-16(18)5-2/h5,15H,2,4,6-14H2,1,3H3,(H,17,18). The van der Waals surface area contributed by atoms with Gasteiger partial charge in [-0.2, -0.15) is 0 Å². The van der Waals surface area contributed by atoms with Crippen LogP contribution in [0.5, 0.6) is 0 Å². The second-order valence-electron chi connectivity index (χ2n) is 5.32. The zero-order chi connectivity index (χ0) is 13.6. The van der Waals surface area contributed by atoms with E-state index in [4.69, 9.17) is 0 Å². The molecule has 0 aromatic heterocycles. The van der Waals surface area contributed by atoms with Crippen LogP contribution in [-0.4, -0.2) is 12.5 Å². The van der Waals surface area contributed by atoms with E-state index in [9.17, 15) is 4.79 Å². The fourth-order valence-electron chi connectivity index (χ4n) is 2.08. The van der Waals surface area contributed by atoms with Gasteiger partial charge in [-0.25, -0.2) is 0 Å². The molecule has 0 aliphatic heterocycles. The van der Waals surface area contributed by atoms with Gasteiger partial charge in [0.05, 0.1) is 0 Å². The summed E-state index contributed by atoms with van der Waals surface area (Å²) in [6.45, 7) is 8.68. The monoisotopic (exact) mass is 253 g/mol. The van der Waals surface area contributed by atoms with Gasteiger partial charge in [-0.3, -0.25) is 4.79 Å². The van der Waals surface area contributed by atoms with Gasteiger partial charge in [0.2, 0.25) is 5.91 Å². The van der Waals surface area contributed by atoms with Gasteiger partial charge in [0.25, 0.3) is 0 Å². The van der Waals surface area contributed by atoms with Gasteiger partial charge in [0.1, 0.15) is 0 Å². The highest BCUT2D eigenvalue weighted by Gasteiger charge is 2.03. The number of unbranched alkanes of at least 4 members (excludes halogenated alkanes) is 7. The van der Waals surface area contributed by atoms with E-state index in [1.807, 2.05) is 0 Å². The average molecular weight is 253 g/mol. The minimum atomic E-state index is -0.0576. The van der Waals surface area contributed by atoms with Gasteiger partial charge < -0.3 is 5.32 Å². The van der Waals surface area contributed by atoms with Crippen LogP contribution >= 0.6 is 0 Å². The highest BCUT2D eigenvalue weighted by molar-refractivity contribution is 5.86. The molecule has 0 aromatic rings. The smallest absolute Gasteiger partial charge is 0.243 e. The molecular formula is C16H31NO. The Balaban J connectivity index is 3.22. The van der Waals surface area contributed by atoms with E-state index in [1.165, 1.54) is 63.9 Å². The fourth-order valence-corrected chi connectivity index (χ4v) is 2.08. The second kappa shape index (κ2) is 12.7. The molecule has 0 fully saturated rings. The molecule has 0 aromatic carbocycles. The number of carbonyl (C=O) groups is 1. The van der Waals surface area contributed by atoms with Crippen molar-refractivity contribution in [1.29, 1.82) is 0 Å². The molecule has 0 bridgehead atoms. The molecule has 0 rings (SSSR count). The quantitative estimate of drug-likeness (QED) is 0.404. The van der Waals surface area contributed by atoms with E-state index in [-0.39, 0.29) is 5.91 Å². The summed E-state index contributed by atoms with van der Waals surface area (Å²) in [5, 5.41) is 2.85. The number of carbonyl (C=O) groups excluding carboxylic acids is 1. The first-order valence-electron chi connectivity index (χ1n) is 7.61. The highest BCUT2D eigenvalue weighted by Crippen LogP contribution is 2.12. The van der Waals surface area contributed by atoms with Crippen LogP contribution in [0.15, 0.2) is 12.7 Å². The van der Waals surface area contributed by atoms with Gasteiger partial charge in [-0.05, 0) is 18.4 Å². The van der Waals surface area contributed by atoms with E-state index in [0.717, 1.165) is 6.54 Å². The molecule has 0 radical (unpaired) electrons. The first kappa shape index (κ1) is 17.2. The lowest BCUT2D eigenvalue weighted by atomic mass is 10.0. The molecule has 0 saturated heterocycles. The number of hydrogen-bond acceptors (Lipinski definition) is 1. The van der Waals surface area contributed by atoms with E-state index in [1.54, 1.807) is 0 Å². The topological polar surface area (TPSA) is 29.1 Å². The van der Waals surface area contributed by atoms with Crippen LogP contribution in [0.1, 0.15) is 71.6 Å². The molecule has 1 N–H and O–H groups in total. The summed E-state index contributed by atoms with van der Waals surface area (Å²) < 4.78 is 0. The molecule has 2 heteroatoms. The van der Waals surface area contributed by atoms with Crippen molar-refractivity contribution in [2.45, 2.75) is 71.6 Å². The Labute approximate surface area is 113 Å². The van der Waals surface area contributed by atoms with Crippen LogP contribution < -0.4 is 5.32 Å². The Morgan fingerprint density at radius 2 is 1.67 bits per heavy atom. The molecule has 0 heterocycles. The number of rotatable bonds is 12. The second-order valence-corrected chi connectivity index (χ2v) is 5.32. The molecule has 1 atom stereocenters. The summed E-state index contributed by atoms with van der Waals surface area (Å²) >= 11 is 0. The summed E-state index contributed by atoms with van der Waals surface area (Å²) in [5.41, 5.74) is 0. The van der Waals surface area contributed by atoms with Crippen molar-refractivity contribution >= 4 is 5.91 Å². The molecule has 0 aliphatic rings. The van der Waals surface area contributed by atoms with Crippen molar-refractivity contribution in [1.82, 2.24) is 5.32 Å². The van der Waals surface area contributed by atoms with Gasteiger partial charge >= 0.3 is 0 Å². The van der Waals surface area contributed by atoms with Crippen molar-refractivity contribution in [2.75, 3.05) is 6.54 Å². The van der Waals surface area contributed by atoms with Gasteiger partial charge in [-0.1, -0.05) is 71.8 Å². The van der Waals surface area contributed by atoms with Crippen LogP contribution in [0.4, 0.5) is 0 Å². The zero-order valence-electron chi connectivity index (χ0n) is 12.3. The molecule has 0 spiro atoms. The summed E-state index contributed by atoms with van der Waals surface area (Å²) in [6, 6.07) is 0. The predicted octanol–water partition coefficient (Wildman–Crippen LogP) is 4.46. The Kier molecular flexibility index (Phi) is 12.1. The Hall–Kier alpha value is -0.790. The lowest BCUT2D eigenvalue weighted by Crippen LogP contribution is -2.26. The molecule has 1 amide bonds. The maximum Gasteiger partial charge on any atom is 0.243 e. The van der Waals surface area contributed by atoms with Crippen LogP contribution in [0.2, 0.25) is 0 Å². The lowest BCUT2D eigenvalue weighted by molar-refractivity contribution is -0.116. The van der Waals surface area contributed by atoms with Crippen LogP contribution in [-0.2, 0) is 4.79 Å². The van der Waals surface area contributed by atoms with Crippen LogP contribution in [0, 0.1) is 5.92 Å². The van der Waals surface area contributed by atoms with Crippen molar-refractivity contribution in [3.8, 4) is 0 Å². The maximum atomic E-state index is 11.0. The van der Waals surface area contributed by atoms with Gasteiger partial charge in [-0.15, -0.1) is 0 Å². The summed E-state index contributed by atoms with van der Waals surface area (Å²) in [7, 11) is 0. The minimum absolute atomic E-state index is 0.0576.